The summed E-state index contributed by atoms with van der Waals surface area (Å²) in [7, 11) is 0. The Morgan fingerprint density at radius 2 is 2.18 bits per heavy atom. The predicted octanol–water partition coefficient (Wildman–Crippen LogP) is 1.58. The van der Waals surface area contributed by atoms with Crippen molar-refractivity contribution in [3.8, 4) is 0 Å². The minimum atomic E-state index is -0.376. The van der Waals surface area contributed by atoms with Gasteiger partial charge >= 0.3 is 0 Å². The van der Waals surface area contributed by atoms with Gasteiger partial charge < -0.3 is 15.8 Å². The first-order valence-corrected chi connectivity index (χ1v) is 6.74. The first kappa shape index (κ1) is 14.5. The molecule has 0 bridgehead atoms. The van der Waals surface area contributed by atoms with Crippen LogP contribution in [0.4, 0.5) is 0 Å². The molecule has 0 saturated heterocycles. The molecular formula is C13H26N2O2. The molecule has 4 nitrogen and oxygen atoms in total. The van der Waals surface area contributed by atoms with E-state index in [1.165, 1.54) is 0 Å². The van der Waals surface area contributed by atoms with Crippen molar-refractivity contribution in [3.05, 3.63) is 0 Å². The summed E-state index contributed by atoms with van der Waals surface area (Å²) < 4.78 is 5.78. The van der Waals surface area contributed by atoms with E-state index in [1.807, 2.05) is 13.8 Å². The quantitative estimate of drug-likeness (QED) is 0.769. The van der Waals surface area contributed by atoms with Crippen molar-refractivity contribution < 1.29 is 9.53 Å². The SMILES string of the molecule is CCC(C)NC(=O)C(C)OC1CCCC(N)C1. The first-order chi connectivity index (χ1) is 8.02. The molecule has 0 aromatic carbocycles. The van der Waals surface area contributed by atoms with Crippen molar-refractivity contribution in [3.63, 3.8) is 0 Å². The maximum atomic E-state index is 11.8. The van der Waals surface area contributed by atoms with Crippen molar-refractivity contribution in [1.82, 2.24) is 5.32 Å². The van der Waals surface area contributed by atoms with E-state index in [4.69, 9.17) is 10.5 Å². The lowest BCUT2D eigenvalue weighted by Gasteiger charge is -2.29. The summed E-state index contributed by atoms with van der Waals surface area (Å²) in [6.07, 6.45) is 4.79. The predicted molar refractivity (Wildman–Crippen MR) is 68.7 cm³/mol. The fraction of sp³-hybridized carbons (Fsp3) is 0.923. The normalized spacial score (nSPS) is 28.5. The highest BCUT2D eigenvalue weighted by Crippen LogP contribution is 2.21. The Balaban J connectivity index is 2.32. The molecule has 0 aromatic heterocycles. The minimum Gasteiger partial charge on any atom is -0.365 e. The summed E-state index contributed by atoms with van der Waals surface area (Å²) in [4.78, 5) is 11.8. The fourth-order valence-corrected chi connectivity index (χ4v) is 2.12. The van der Waals surface area contributed by atoms with Crippen molar-refractivity contribution in [1.29, 1.82) is 0 Å². The number of nitrogens with two attached hydrogens (primary N) is 1. The molecule has 0 aromatic rings. The highest BCUT2D eigenvalue weighted by Gasteiger charge is 2.24. The topological polar surface area (TPSA) is 64.3 Å². The zero-order chi connectivity index (χ0) is 12.8. The number of nitrogens with one attached hydrogen (secondary N) is 1. The second kappa shape index (κ2) is 6.97. The maximum Gasteiger partial charge on any atom is 0.249 e. The van der Waals surface area contributed by atoms with Gasteiger partial charge in [-0.05, 0) is 46.0 Å². The number of carbonyl (C=O) groups is 1. The van der Waals surface area contributed by atoms with E-state index in [0.29, 0.717) is 0 Å². The van der Waals surface area contributed by atoms with Crippen LogP contribution in [-0.2, 0) is 9.53 Å². The monoisotopic (exact) mass is 242 g/mol. The summed E-state index contributed by atoms with van der Waals surface area (Å²) in [5, 5.41) is 2.93. The van der Waals surface area contributed by atoms with Crippen LogP contribution in [0.25, 0.3) is 0 Å². The third kappa shape index (κ3) is 5.04. The molecule has 1 aliphatic rings. The molecule has 100 valence electrons. The van der Waals surface area contributed by atoms with Crippen molar-refractivity contribution in [2.45, 2.75) is 77.2 Å². The Hall–Kier alpha value is -0.610. The van der Waals surface area contributed by atoms with E-state index < -0.39 is 0 Å². The van der Waals surface area contributed by atoms with Crippen LogP contribution in [0.5, 0.6) is 0 Å². The van der Waals surface area contributed by atoms with Crippen LogP contribution in [-0.4, -0.2) is 30.2 Å². The molecular weight excluding hydrogens is 216 g/mol. The molecule has 0 aliphatic heterocycles. The van der Waals surface area contributed by atoms with Crippen LogP contribution < -0.4 is 11.1 Å². The molecule has 17 heavy (non-hydrogen) atoms. The van der Waals surface area contributed by atoms with Crippen molar-refractivity contribution in [2.75, 3.05) is 0 Å². The molecule has 1 amide bonds. The molecule has 1 fully saturated rings. The lowest BCUT2D eigenvalue weighted by Crippen LogP contribution is -2.42. The molecule has 4 heteroatoms. The third-order valence-electron chi connectivity index (χ3n) is 3.43. The summed E-state index contributed by atoms with van der Waals surface area (Å²) in [6, 6.07) is 0.445. The number of hydrogen-bond acceptors (Lipinski definition) is 3. The molecule has 1 saturated carbocycles. The molecule has 0 radical (unpaired) electrons. The maximum absolute atomic E-state index is 11.8. The zero-order valence-electron chi connectivity index (χ0n) is 11.2. The van der Waals surface area contributed by atoms with E-state index in [2.05, 4.69) is 12.2 Å². The van der Waals surface area contributed by atoms with Crippen LogP contribution in [0.15, 0.2) is 0 Å². The van der Waals surface area contributed by atoms with Gasteiger partial charge in [0.05, 0.1) is 6.10 Å². The van der Waals surface area contributed by atoms with E-state index >= 15 is 0 Å². The standard InChI is InChI=1S/C13H26N2O2/c1-4-9(2)15-13(16)10(3)17-12-7-5-6-11(14)8-12/h9-12H,4-8,14H2,1-3H3,(H,15,16). The Morgan fingerprint density at radius 1 is 1.47 bits per heavy atom. The van der Waals surface area contributed by atoms with Crippen LogP contribution in [0.2, 0.25) is 0 Å². The van der Waals surface area contributed by atoms with Gasteiger partial charge in [-0.3, -0.25) is 4.79 Å². The largest absolute Gasteiger partial charge is 0.365 e. The fourth-order valence-electron chi connectivity index (χ4n) is 2.12. The van der Waals surface area contributed by atoms with Crippen LogP contribution in [0, 0.1) is 0 Å². The highest BCUT2D eigenvalue weighted by molar-refractivity contribution is 5.80. The number of rotatable bonds is 5. The first-order valence-electron chi connectivity index (χ1n) is 6.74. The van der Waals surface area contributed by atoms with Gasteiger partial charge in [-0.2, -0.15) is 0 Å². The van der Waals surface area contributed by atoms with E-state index in [9.17, 15) is 4.79 Å². The van der Waals surface area contributed by atoms with Crippen molar-refractivity contribution in [2.24, 2.45) is 5.73 Å². The van der Waals surface area contributed by atoms with E-state index in [1.54, 1.807) is 0 Å². The smallest absolute Gasteiger partial charge is 0.249 e. The minimum absolute atomic E-state index is 0.0153. The van der Waals surface area contributed by atoms with Gasteiger partial charge in [-0.25, -0.2) is 0 Å². The van der Waals surface area contributed by atoms with Crippen LogP contribution in [0.3, 0.4) is 0 Å². The van der Waals surface area contributed by atoms with E-state index in [0.717, 1.165) is 32.1 Å². The molecule has 0 spiro atoms. The second-order valence-electron chi connectivity index (χ2n) is 5.14. The van der Waals surface area contributed by atoms with Crippen molar-refractivity contribution >= 4 is 5.91 Å². The number of carbonyl (C=O) groups excluding carboxylic acids is 1. The number of ether oxygens (including phenoxy) is 1. The van der Waals surface area contributed by atoms with Gasteiger partial charge in [0.15, 0.2) is 0 Å². The second-order valence-corrected chi connectivity index (χ2v) is 5.14. The molecule has 4 atom stereocenters. The van der Waals surface area contributed by atoms with Crippen LogP contribution >= 0.6 is 0 Å². The lowest BCUT2D eigenvalue weighted by molar-refractivity contribution is -0.137. The molecule has 0 heterocycles. The van der Waals surface area contributed by atoms with Crippen LogP contribution in [0.1, 0.15) is 52.9 Å². The van der Waals surface area contributed by atoms with E-state index in [-0.39, 0.29) is 30.2 Å². The summed E-state index contributed by atoms with van der Waals surface area (Å²) in [6.45, 7) is 5.87. The molecule has 3 N–H and O–H groups in total. The lowest BCUT2D eigenvalue weighted by atomic mass is 9.93. The Morgan fingerprint density at radius 3 is 2.76 bits per heavy atom. The number of hydrogen-bond donors (Lipinski definition) is 2. The molecule has 4 unspecified atom stereocenters. The van der Waals surface area contributed by atoms with Gasteiger partial charge in [0.2, 0.25) is 5.91 Å². The summed E-state index contributed by atoms with van der Waals surface area (Å²) in [5.74, 6) is -0.0153. The zero-order valence-corrected chi connectivity index (χ0v) is 11.2. The van der Waals surface area contributed by atoms with Gasteiger partial charge in [-0.1, -0.05) is 6.92 Å². The highest BCUT2D eigenvalue weighted by atomic mass is 16.5. The Labute approximate surface area is 104 Å². The Kier molecular flexibility index (Phi) is 5.92. The van der Waals surface area contributed by atoms with Gasteiger partial charge in [0.25, 0.3) is 0 Å². The average molecular weight is 242 g/mol. The summed E-state index contributed by atoms with van der Waals surface area (Å²) >= 11 is 0. The average Bonchev–Trinajstić information content (AvgIpc) is 2.28. The van der Waals surface area contributed by atoms with Gasteiger partial charge in [0, 0.05) is 12.1 Å². The molecule has 1 aliphatic carbocycles. The number of amides is 1. The summed E-state index contributed by atoms with van der Waals surface area (Å²) in [5.41, 5.74) is 5.90. The molecule has 1 rings (SSSR count). The Bertz CT molecular complexity index is 246. The third-order valence-corrected chi connectivity index (χ3v) is 3.43. The van der Waals surface area contributed by atoms with Gasteiger partial charge in [0.1, 0.15) is 6.10 Å². The van der Waals surface area contributed by atoms with Gasteiger partial charge in [-0.15, -0.1) is 0 Å².